The zero-order chi connectivity index (χ0) is 12.8. The largest absolute Gasteiger partial charge is 0.379 e. The number of pyridine rings is 1. The van der Waals surface area contributed by atoms with E-state index in [1.165, 1.54) is 0 Å². The van der Waals surface area contributed by atoms with Crippen LogP contribution in [0.4, 0.5) is 5.82 Å². The number of nitrogens with zero attached hydrogens (tertiary/aromatic N) is 1. The predicted molar refractivity (Wildman–Crippen MR) is 72.5 cm³/mol. The second-order valence-corrected chi connectivity index (χ2v) is 4.96. The molecule has 1 saturated heterocycles. The minimum Gasteiger partial charge on any atom is -0.379 e. The van der Waals surface area contributed by atoms with Crippen molar-refractivity contribution in [1.29, 1.82) is 0 Å². The third-order valence-electron chi connectivity index (χ3n) is 2.66. The van der Waals surface area contributed by atoms with Crippen LogP contribution in [0.5, 0.6) is 0 Å². The van der Waals surface area contributed by atoms with Crippen molar-refractivity contribution in [2.24, 2.45) is 0 Å². The molecule has 1 aliphatic heterocycles. The zero-order valence-electron chi connectivity index (χ0n) is 9.99. The van der Waals surface area contributed by atoms with E-state index in [2.05, 4.69) is 10.3 Å². The van der Waals surface area contributed by atoms with Crippen molar-refractivity contribution in [2.75, 3.05) is 31.7 Å². The Kier molecular flexibility index (Phi) is 5.50. The van der Waals surface area contributed by atoms with Crippen LogP contribution in [0.25, 0.3) is 0 Å². The number of halogens is 2. The molecular formula is C12H16Cl2N2O2. The third-order valence-corrected chi connectivity index (χ3v) is 3.16. The molecule has 2 rings (SSSR count). The minimum atomic E-state index is 0.266. The Hall–Kier alpha value is -0.550. The van der Waals surface area contributed by atoms with Crippen LogP contribution in [0.1, 0.15) is 12.8 Å². The summed E-state index contributed by atoms with van der Waals surface area (Å²) in [6, 6.07) is 1.67. The smallest absolute Gasteiger partial charge is 0.144 e. The molecule has 6 heteroatoms. The van der Waals surface area contributed by atoms with Crippen molar-refractivity contribution in [3.8, 4) is 0 Å². The van der Waals surface area contributed by atoms with Crippen molar-refractivity contribution in [3.63, 3.8) is 0 Å². The van der Waals surface area contributed by atoms with Crippen LogP contribution in [0, 0.1) is 0 Å². The highest BCUT2D eigenvalue weighted by molar-refractivity contribution is 6.35. The van der Waals surface area contributed by atoms with Crippen LogP contribution in [0.3, 0.4) is 0 Å². The van der Waals surface area contributed by atoms with Crippen molar-refractivity contribution >= 4 is 29.0 Å². The monoisotopic (exact) mass is 290 g/mol. The van der Waals surface area contributed by atoms with Gasteiger partial charge in [0, 0.05) is 26.0 Å². The van der Waals surface area contributed by atoms with Crippen LogP contribution in [0.2, 0.25) is 10.0 Å². The third kappa shape index (κ3) is 4.28. The maximum atomic E-state index is 5.99. The van der Waals surface area contributed by atoms with Gasteiger partial charge in [-0.05, 0) is 18.9 Å². The molecule has 1 aliphatic rings. The number of nitrogens with one attached hydrogen (secondary N) is 1. The molecule has 0 radical (unpaired) electrons. The van der Waals surface area contributed by atoms with E-state index >= 15 is 0 Å². The van der Waals surface area contributed by atoms with Gasteiger partial charge < -0.3 is 14.8 Å². The summed E-state index contributed by atoms with van der Waals surface area (Å²) < 4.78 is 10.9. The molecule has 18 heavy (non-hydrogen) atoms. The fourth-order valence-electron chi connectivity index (χ4n) is 1.72. The van der Waals surface area contributed by atoms with Crippen molar-refractivity contribution < 1.29 is 9.47 Å². The number of ether oxygens (including phenoxy) is 2. The fraction of sp³-hybridized carbons (Fsp3) is 0.583. The highest BCUT2D eigenvalue weighted by Crippen LogP contribution is 2.22. The van der Waals surface area contributed by atoms with Gasteiger partial charge in [0.25, 0.3) is 0 Å². The average Bonchev–Trinajstić information content (AvgIpc) is 2.84. The Morgan fingerprint density at radius 2 is 2.39 bits per heavy atom. The molecule has 1 N–H and O–H groups in total. The Bertz CT molecular complexity index is 384. The quantitative estimate of drug-likeness (QED) is 0.818. The van der Waals surface area contributed by atoms with E-state index in [4.69, 9.17) is 32.7 Å². The lowest BCUT2D eigenvalue weighted by molar-refractivity contribution is 0.0427. The lowest BCUT2D eigenvalue weighted by Gasteiger charge is -2.10. The minimum absolute atomic E-state index is 0.266. The van der Waals surface area contributed by atoms with Crippen LogP contribution < -0.4 is 5.32 Å². The standard InChI is InChI=1S/C12H16Cl2N2O2/c13-9-6-11(14)12(16-7-9)15-3-1-4-18-10-2-5-17-8-10/h6-7,10H,1-5,8H2,(H,15,16)/t10-/m0/s1. The fourth-order valence-corrected chi connectivity index (χ4v) is 2.16. The van der Waals surface area contributed by atoms with E-state index < -0.39 is 0 Å². The number of aromatic nitrogens is 1. The van der Waals surface area contributed by atoms with Crippen LogP contribution in [-0.4, -0.2) is 37.5 Å². The molecule has 0 spiro atoms. The van der Waals surface area contributed by atoms with E-state index in [9.17, 15) is 0 Å². The maximum Gasteiger partial charge on any atom is 0.144 e. The molecule has 0 amide bonds. The summed E-state index contributed by atoms with van der Waals surface area (Å²) in [4.78, 5) is 4.12. The first-order valence-corrected chi connectivity index (χ1v) is 6.75. The number of anilines is 1. The van der Waals surface area contributed by atoms with Gasteiger partial charge in [-0.3, -0.25) is 0 Å². The van der Waals surface area contributed by atoms with E-state index in [0.29, 0.717) is 22.5 Å². The van der Waals surface area contributed by atoms with Gasteiger partial charge in [0.2, 0.25) is 0 Å². The Balaban J connectivity index is 1.62. The van der Waals surface area contributed by atoms with Gasteiger partial charge in [-0.2, -0.15) is 0 Å². The first-order chi connectivity index (χ1) is 8.75. The number of hydrogen-bond donors (Lipinski definition) is 1. The maximum absolute atomic E-state index is 5.99. The number of rotatable bonds is 6. The van der Waals surface area contributed by atoms with E-state index in [0.717, 1.165) is 32.6 Å². The van der Waals surface area contributed by atoms with Gasteiger partial charge in [0.05, 0.1) is 22.8 Å². The lowest BCUT2D eigenvalue weighted by atomic mass is 10.3. The Labute approximate surface area is 117 Å². The molecule has 1 fully saturated rings. The highest BCUT2D eigenvalue weighted by atomic mass is 35.5. The summed E-state index contributed by atoms with van der Waals surface area (Å²) in [6.07, 6.45) is 3.74. The van der Waals surface area contributed by atoms with Crippen molar-refractivity contribution in [2.45, 2.75) is 18.9 Å². The van der Waals surface area contributed by atoms with Crippen LogP contribution in [0.15, 0.2) is 12.3 Å². The van der Waals surface area contributed by atoms with Crippen LogP contribution >= 0.6 is 23.2 Å². The van der Waals surface area contributed by atoms with Gasteiger partial charge >= 0.3 is 0 Å². The van der Waals surface area contributed by atoms with Gasteiger partial charge in [-0.1, -0.05) is 23.2 Å². The van der Waals surface area contributed by atoms with E-state index in [1.807, 2.05) is 0 Å². The van der Waals surface area contributed by atoms with Gasteiger partial charge in [-0.15, -0.1) is 0 Å². The topological polar surface area (TPSA) is 43.4 Å². The SMILES string of the molecule is Clc1cnc(NCCCO[C@H]2CCOC2)c(Cl)c1. The normalized spacial score (nSPS) is 19.1. The lowest BCUT2D eigenvalue weighted by Crippen LogP contribution is -2.15. The first kappa shape index (κ1) is 13.9. The second-order valence-electron chi connectivity index (χ2n) is 4.12. The molecule has 1 aromatic heterocycles. The average molecular weight is 291 g/mol. The summed E-state index contributed by atoms with van der Waals surface area (Å²) in [5, 5.41) is 4.22. The van der Waals surface area contributed by atoms with Crippen molar-refractivity contribution in [1.82, 2.24) is 4.98 Å². The Morgan fingerprint density at radius 3 is 3.11 bits per heavy atom. The first-order valence-electron chi connectivity index (χ1n) is 6.00. The second kappa shape index (κ2) is 7.14. The highest BCUT2D eigenvalue weighted by Gasteiger charge is 2.15. The summed E-state index contributed by atoms with van der Waals surface area (Å²) in [5.74, 6) is 0.658. The molecule has 1 aromatic rings. The molecule has 0 bridgehead atoms. The Morgan fingerprint density at radius 1 is 1.50 bits per heavy atom. The summed E-state index contributed by atoms with van der Waals surface area (Å²) in [5.41, 5.74) is 0. The van der Waals surface area contributed by atoms with Crippen LogP contribution in [-0.2, 0) is 9.47 Å². The van der Waals surface area contributed by atoms with Gasteiger partial charge in [-0.25, -0.2) is 4.98 Å². The van der Waals surface area contributed by atoms with E-state index in [-0.39, 0.29) is 6.10 Å². The van der Waals surface area contributed by atoms with Gasteiger partial charge in [0.1, 0.15) is 5.82 Å². The predicted octanol–water partition coefficient (Wildman–Crippen LogP) is 3.00. The molecule has 0 aromatic carbocycles. The molecule has 1 atom stereocenters. The summed E-state index contributed by atoms with van der Waals surface area (Å²) in [6.45, 7) is 3.01. The summed E-state index contributed by atoms with van der Waals surface area (Å²) >= 11 is 11.8. The van der Waals surface area contributed by atoms with Crippen molar-refractivity contribution in [3.05, 3.63) is 22.3 Å². The molecular weight excluding hydrogens is 275 g/mol. The van der Waals surface area contributed by atoms with E-state index in [1.54, 1.807) is 12.3 Å². The summed E-state index contributed by atoms with van der Waals surface area (Å²) in [7, 11) is 0. The molecule has 0 saturated carbocycles. The molecule has 0 aliphatic carbocycles. The molecule has 2 heterocycles. The zero-order valence-corrected chi connectivity index (χ0v) is 11.5. The number of hydrogen-bond acceptors (Lipinski definition) is 4. The molecule has 100 valence electrons. The molecule has 0 unspecified atom stereocenters. The molecule has 4 nitrogen and oxygen atoms in total. The van der Waals surface area contributed by atoms with Gasteiger partial charge in [0.15, 0.2) is 0 Å².